The molecule has 0 bridgehead atoms. The largest absolute Gasteiger partial charge is 0.305 e. The van der Waals surface area contributed by atoms with Crippen molar-refractivity contribution >= 4 is 21.5 Å². The Morgan fingerprint density at radius 1 is 0.667 bits per heavy atom. The Kier molecular flexibility index (Phi) is 6.53. The molecular weight excluding hydrogens is 617 g/mol. The minimum atomic E-state index is -0.0502. The first kappa shape index (κ1) is 24.1. The van der Waals surface area contributed by atoms with E-state index in [0.29, 0.717) is 0 Å². The van der Waals surface area contributed by atoms with Gasteiger partial charge in [0.1, 0.15) is 0 Å². The van der Waals surface area contributed by atoms with Crippen LogP contribution in [0.4, 0.5) is 0 Å². The van der Waals surface area contributed by atoms with Crippen LogP contribution in [0.25, 0.3) is 44.1 Å². The summed E-state index contributed by atoms with van der Waals surface area (Å²) in [6.07, 6.45) is 3.72. The first-order valence-corrected chi connectivity index (χ1v) is 11.9. The minimum Gasteiger partial charge on any atom is -0.305 e. The van der Waals surface area contributed by atoms with Gasteiger partial charge in [0.2, 0.25) is 0 Å². The molecule has 7 rings (SSSR count). The summed E-state index contributed by atoms with van der Waals surface area (Å²) in [5.41, 5.74) is 6.84. The summed E-state index contributed by atoms with van der Waals surface area (Å²) in [5.74, 6) is 0. The molecule has 4 aromatic carbocycles. The Balaban J connectivity index is 0.000000175. The molecule has 6 aromatic rings. The monoisotopic (exact) mass is 641 g/mol. The Bertz CT molecular complexity index is 1620. The van der Waals surface area contributed by atoms with Crippen molar-refractivity contribution in [3.63, 3.8) is 0 Å². The average molecular weight is 641 g/mol. The molecule has 1 aliphatic carbocycles. The standard InChI is InChI=1S/C22H16N.C11H8N.Ir/c1-22(2)18-10-6-5-9-17(18)21-20-16(11-12-23-21)15-8-4-3-7-14(15)13-19(20)22;1-2-6-10(7-3-1)11-8-4-5-9-12-11;/h3-8,10-13H,1-2H3;1-6,8-9H;/q2*-1;. The number of hydrogen-bond acceptors (Lipinski definition) is 2. The van der Waals surface area contributed by atoms with Gasteiger partial charge in [0.25, 0.3) is 0 Å². The molecule has 0 spiro atoms. The zero-order valence-corrected chi connectivity index (χ0v) is 22.5. The Morgan fingerprint density at radius 2 is 1.47 bits per heavy atom. The Morgan fingerprint density at radius 3 is 2.28 bits per heavy atom. The first-order valence-electron chi connectivity index (χ1n) is 11.9. The molecule has 0 atom stereocenters. The Labute approximate surface area is 225 Å². The van der Waals surface area contributed by atoms with Crippen LogP contribution in [0.5, 0.6) is 0 Å². The molecule has 0 fully saturated rings. The quantitative estimate of drug-likeness (QED) is 0.134. The topological polar surface area (TPSA) is 25.8 Å². The zero-order valence-electron chi connectivity index (χ0n) is 20.1. The Hall–Kier alpha value is -3.65. The van der Waals surface area contributed by atoms with Crippen molar-refractivity contribution in [2.45, 2.75) is 19.3 Å². The van der Waals surface area contributed by atoms with Crippen LogP contribution >= 0.6 is 0 Å². The predicted octanol–water partition coefficient (Wildman–Crippen LogP) is 8.04. The number of hydrogen-bond donors (Lipinski definition) is 0. The third-order valence-corrected chi connectivity index (χ3v) is 6.86. The van der Waals surface area contributed by atoms with Crippen molar-refractivity contribution in [2.75, 3.05) is 0 Å². The van der Waals surface area contributed by atoms with Crippen molar-refractivity contribution in [3.8, 4) is 22.5 Å². The maximum absolute atomic E-state index is 4.72. The second kappa shape index (κ2) is 9.78. The zero-order chi connectivity index (χ0) is 23.8. The van der Waals surface area contributed by atoms with Crippen LogP contribution in [0.1, 0.15) is 25.0 Å². The summed E-state index contributed by atoms with van der Waals surface area (Å²) in [7, 11) is 0. The van der Waals surface area contributed by atoms with E-state index in [1.54, 1.807) is 6.20 Å². The second-order valence-corrected chi connectivity index (χ2v) is 9.30. The van der Waals surface area contributed by atoms with E-state index in [0.717, 1.165) is 22.5 Å². The summed E-state index contributed by atoms with van der Waals surface area (Å²) < 4.78 is 0. The molecule has 36 heavy (non-hydrogen) atoms. The number of rotatable bonds is 1. The second-order valence-electron chi connectivity index (χ2n) is 9.30. The van der Waals surface area contributed by atoms with Crippen LogP contribution in [0.3, 0.4) is 0 Å². The van der Waals surface area contributed by atoms with E-state index in [1.165, 1.54) is 32.7 Å². The SMILES string of the molecule is CC1(C)c2ccc[c-]c2-c2nccc3c2c1cc1ccccc13.[Ir].[c-]1ccccc1-c1ccccn1. The van der Waals surface area contributed by atoms with Crippen molar-refractivity contribution in [1.29, 1.82) is 0 Å². The van der Waals surface area contributed by atoms with Crippen LogP contribution in [0, 0.1) is 12.1 Å². The molecule has 2 nitrogen and oxygen atoms in total. The van der Waals surface area contributed by atoms with Crippen LogP contribution in [0.2, 0.25) is 0 Å². The van der Waals surface area contributed by atoms with Crippen molar-refractivity contribution in [2.24, 2.45) is 0 Å². The fourth-order valence-corrected chi connectivity index (χ4v) is 5.11. The van der Waals surface area contributed by atoms with E-state index in [1.807, 2.05) is 54.7 Å². The molecule has 0 N–H and O–H groups in total. The number of nitrogens with zero attached hydrogens (tertiary/aromatic N) is 2. The van der Waals surface area contributed by atoms with E-state index in [2.05, 4.69) is 79.5 Å². The van der Waals surface area contributed by atoms with Crippen molar-refractivity contribution in [1.82, 2.24) is 9.97 Å². The van der Waals surface area contributed by atoms with Gasteiger partial charge in [-0.1, -0.05) is 56.3 Å². The summed E-state index contributed by atoms with van der Waals surface area (Å²) in [5, 5.41) is 5.17. The molecule has 1 aliphatic rings. The molecule has 0 amide bonds. The fourth-order valence-electron chi connectivity index (χ4n) is 5.11. The summed E-state index contributed by atoms with van der Waals surface area (Å²) in [6, 6.07) is 39.6. The molecule has 0 aliphatic heterocycles. The molecule has 2 aromatic heterocycles. The normalized spacial score (nSPS) is 12.7. The van der Waals surface area contributed by atoms with Gasteiger partial charge >= 0.3 is 0 Å². The van der Waals surface area contributed by atoms with Gasteiger partial charge < -0.3 is 9.97 Å². The van der Waals surface area contributed by atoms with Crippen LogP contribution in [-0.4, -0.2) is 9.97 Å². The predicted molar refractivity (Wildman–Crippen MR) is 144 cm³/mol. The van der Waals surface area contributed by atoms with Crippen LogP contribution < -0.4 is 0 Å². The van der Waals surface area contributed by atoms with E-state index < -0.39 is 0 Å². The number of benzene rings is 4. The van der Waals surface area contributed by atoms with Gasteiger partial charge in [0.15, 0.2) is 0 Å². The van der Waals surface area contributed by atoms with Crippen LogP contribution in [-0.2, 0) is 25.5 Å². The van der Waals surface area contributed by atoms with Gasteiger partial charge in [0, 0.05) is 32.5 Å². The van der Waals surface area contributed by atoms with Gasteiger partial charge in [-0.2, -0.15) is 0 Å². The minimum absolute atomic E-state index is 0. The third-order valence-electron chi connectivity index (χ3n) is 6.86. The van der Waals surface area contributed by atoms with Gasteiger partial charge in [-0.15, -0.1) is 71.3 Å². The average Bonchev–Trinajstić information content (AvgIpc) is 2.93. The van der Waals surface area contributed by atoms with E-state index in [9.17, 15) is 0 Å². The van der Waals surface area contributed by atoms with Crippen LogP contribution in [0.15, 0.2) is 109 Å². The van der Waals surface area contributed by atoms with Gasteiger partial charge in [-0.05, 0) is 56.0 Å². The molecular formula is C33H24IrN2-2. The summed E-state index contributed by atoms with van der Waals surface area (Å²) in [4.78, 5) is 8.94. The molecule has 177 valence electrons. The molecule has 3 heteroatoms. The summed E-state index contributed by atoms with van der Waals surface area (Å²) in [6.45, 7) is 4.61. The smallest absolute Gasteiger partial charge is 0.0167 e. The maximum Gasteiger partial charge on any atom is 0.0167 e. The molecule has 0 saturated heterocycles. The first-order chi connectivity index (χ1) is 17.1. The maximum atomic E-state index is 4.72. The number of pyridine rings is 2. The van der Waals surface area contributed by atoms with Gasteiger partial charge in [-0.25, -0.2) is 0 Å². The van der Waals surface area contributed by atoms with Gasteiger partial charge in [-0.3, -0.25) is 0 Å². The summed E-state index contributed by atoms with van der Waals surface area (Å²) >= 11 is 0. The van der Waals surface area contributed by atoms with E-state index >= 15 is 0 Å². The molecule has 0 unspecified atom stereocenters. The number of aromatic nitrogens is 2. The fraction of sp³-hybridized carbons (Fsp3) is 0.0909. The van der Waals surface area contributed by atoms with Gasteiger partial charge in [0.05, 0.1) is 0 Å². The number of fused-ring (bicyclic) bond motifs is 4. The third kappa shape index (κ3) is 4.05. The van der Waals surface area contributed by atoms with Crippen molar-refractivity contribution in [3.05, 3.63) is 133 Å². The van der Waals surface area contributed by atoms with E-state index in [4.69, 9.17) is 4.98 Å². The molecule has 2 heterocycles. The van der Waals surface area contributed by atoms with Crippen molar-refractivity contribution < 1.29 is 20.1 Å². The molecule has 1 radical (unpaired) electrons. The van der Waals surface area contributed by atoms with E-state index in [-0.39, 0.29) is 25.5 Å². The molecule has 0 saturated carbocycles.